The minimum atomic E-state index is -0.689. The number of carbonyl (C=O) groups excluding carboxylic acids is 1. The van der Waals surface area contributed by atoms with Gasteiger partial charge in [-0.3, -0.25) is 4.79 Å². The second kappa shape index (κ2) is 7.29. The predicted octanol–water partition coefficient (Wildman–Crippen LogP) is 2.83. The molecule has 0 spiro atoms. The summed E-state index contributed by atoms with van der Waals surface area (Å²) in [6.07, 6.45) is 1.18. The molecule has 4 nitrogen and oxygen atoms in total. The van der Waals surface area contributed by atoms with Crippen molar-refractivity contribution in [2.45, 2.75) is 38.8 Å². The topological polar surface area (TPSA) is 55.6 Å². The molecule has 1 aliphatic rings. The highest BCUT2D eigenvalue weighted by Gasteiger charge is 2.32. The van der Waals surface area contributed by atoms with Crippen molar-refractivity contribution in [3.8, 4) is 5.75 Å². The van der Waals surface area contributed by atoms with E-state index in [9.17, 15) is 9.18 Å². The zero-order chi connectivity index (χ0) is 16.3. The number of benzene rings is 1. The van der Waals surface area contributed by atoms with Crippen LogP contribution in [0.25, 0.3) is 0 Å². The van der Waals surface area contributed by atoms with Crippen LogP contribution in [-0.2, 0) is 4.79 Å². The number of hydrogen-bond acceptors (Lipinski definition) is 3. The van der Waals surface area contributed by atoms with E-state index in [1.807, 2.05) is 0 Å². The van der Waals surface area contributed by atoms with Crippen LogP contribution >= 0.6 is 11.6 Å². The molecule has 2 rings (SSSR count). The summed E-state index contributed by atoms with van der Waals surface area (Å²) < 4.78 is 18.6. The molecular weight excluding hydrogens is 307 g/mol. The fourth-order valence-corrected chi connectivity index (χ4v) is 3.02. The maximum atomic E-state index is 13.0. The number of nitrogens with two attached hydrogens (primary N) is 1. The average Bonchev–Trinajstić information content (AvgIpc) is 2.49. The number of halogens is 2. The lowest BCUT2D eigenvalue weighted by atomic mass is 9.92. The normalized spacial score (nSPS) is 23.2. The Labute approximate surface area is 135 Å². The van der Waals surface area contributed by atoms with Gasteiger partial charge in [-0.15, -0.1) is 0 Å². The molecular formula is C16H22ClFN2O2. The first-order valence-corrected chi connectivity index (χ1v) is 7.92. The van der Waals surface area contributed by atoms with E-state index in [-0.39, 0.29) is 17.0 Å². The van der Waals surface area contributed by atoms with Crippen molar-refractivity contribution >= 4 is 17.5 Å². The van der Waals surface area contributed by atoms with Gasteiger partial charge in [-0.25, -0.2) is 4.39 Å². The van der Waals surface area contributed by atoms with E-state index < -0.39 is 11.9 Å². The highest BCUT2D eigenvalue weighted by Crippen LogP contribution is 2.27. The van der Waals surface area contributed by atoms with Crippen LogP contribution in [-0.4, -0.2) is 36.0 Å². The van der Waals surface area contributed by atoms with E-state index in [0.717, 1.165) is 12.8 Å². The zero-order valence-corrected chi connectivity index (χ0v) is 13.6. The first kappa shape index (κ1) is 17.0. The molecule has 0 saturated carbocycles. The molecule has 0 aromatic heterocycles. The summed E-state index contributed by atoms with van der Waals surface area (Å²) >= 11 is 5.93. The number of rotatable bonds is 4. The smallest absolute Gasteiger partial charge is 0.263 e. The van der Waals surface area contributed by atoms with E-state index in [0.29, 0.717) is 24.8 Å². The molecule has 1 heterocycles. The van der Waals surface area contributed by atoms with Crippen molar-refractivity contribution in [1.82, 2.24) is 4.90 Å². The highest BCUT2D eigenvalue weighted by molar-refractivity contribution is 6.32. The molecule has 2 N–H and O–H groups in total. The quantitative estimate of drug-likeness (QED) is 0.924. The first-order valence-electron chi connectivity index (χ1n) is 7.54. The van der Waals surface area contributed by atoms with Gasteiger partial charge in [0.1, 0.15) is 11.6 Å². The summed E-state index contributed by atoms with van der Waals surface area (Å²) in [7, 11) is 0. The van der Waals surface area contributed by atoms with Crippen molar-refractivity contribution < 1.29 is 13.9 Å². The fourth-order valence-electron chi connectivity index (χ4n) is 2.81. The van der Waals surface area contributed by atoms with Crippen LogP contribution in [0, 0.1) is 11.7 Å². The van der Waals surface area contributed by atoms with Gasteiger partial charge in [0.15, 0.2) is 6.10 Å². The number of amides is 1. The molecule has 1 aromatic rings. The lowest BCUT2D eigenvalue weighted by Gasteiger charge is -2.39. The third-order valence-electron chi connectivity index (χ3n) is 4.08. The van der Waals surface area contributed by atoms with Crippen LogP contribution in [0.4, 0.5) is 4.39 Å². The number of likely N-dealkylation sites (tertiary alicyclic amines) is 1. The van der Waals surface area contributed by atoms with Crippen LogP contribution in [0.1, 0.15) is 26.7 Å². The Hall–Kier alpha value is -1.33. The maximum Gasteiger partial charge on any atom is 0.263 e. The van der Waals surface area contributed by atoms with E-state index in [1.54, 1.807) is 11.8 Å². The summed E-state index contributed by atoms with van der Waals surface area (Å²) in [5.74, 6) is 0.325. The summed E-state index contributed by atoms with van der Waals surface area (Å²) in [4.78, 5) is 14.4. The molecule has 3 atom stereocenters. The lowest BCUT2D eigenvalue weighted by Crippen LogP contribution is -2.52. The van der Waals surface area contributed by atoms with Gasteiger partial charge in [-0.2, -0.15) is 0 Å². The Morgan fingerprint density at radius 3 is 2.95 bits per heavy atom. The molecule has 1 aliphatic heterocycles. The molecule has 0 bridgehead atoms. The molecule has 6 heteroatoms. The third-order valence-corrected chi connectivity index (χ3v) is 4.37. The number of piperidine rings is 1. The molecule has 1 amide bonds. The second-order valence-electron chi connectivity index (χ2n) is 5.89. The van der Waals surface area contributed by atoms with Crippen molar-refractivity contribution in [2.24, 2.45) is 11.7 Å². The van der Waals surface area contributed by atoms with E-state index in [1.165, 1.54) is 18.2 Å². The lowest BCUT2D eigenvalue weighted by molar-refractivity contribution is -0.142. The van der Waals surface area contributed by atoms with Crippen molar-refractivity contribution in [3.05, 3.63) is 29.0 Å². The number of ether oxygens (including phenoxy) is 1. The van der Waals surface area contributed by atoms with Gasteiger partial charge in [-0.05, 0) is 43.9 Å². The monoisotopic (exact) mass is 328 g/mol. The van der Waals surface area contributed by atoms with Gasteiger partial charge in [0.25, 0.3) is 5.91 Å². The number of carbonyl (C=O) groups is 1. The molecule has 1 saturated heterocycles. The minimum Gasteiger partial charge on any atom is -0.479 e. The van der Waals surface area contributed by atoms with Crippen LogP contribution in [0.3, 0.4) is 0 Å². The van der Waals surface area contributed by atoms with Gasteiger partial charge in [0, 0.05) is 19.1 Å². The molecule has 0 radical (unpaired) electrons. The fraction of sp³-hybridized carbons (Fsp3) is 0.562. The van der Waals surface area contributed by atoms with Crippen LogP contribution in [0.15, 0.2) is 18.2 Å². The standard InChI is InChI=1S/C16H22ClFN2O2/c1-10-5-6-20(13(7-10)9-19)16(21)11(2)22-15-4-3-12(18)8-14(15)17/h3-4,8,10-11,13H,5-7,9,19H2,1-2H3. The largest absolute Gasteiger partial charge is 0.479 e. The van der Waals surface area contributed by atoms with Crippen molar-refractivity contribution in [1.29, 1.82) is 0 Å². The Morgan fingerprint density at radius 1 is 1.59 bits per heavy atom. The molecule has 1 aromatic carbocycles. The molecule has 0 aliphatic carbocycles. The first-order chi connectivity index (χ1) is 10.4. The van der Waals surface area contributed by atoms with Crippen LogP contribution in [0.5, 0.6) is 5.75 Å². The summed E-state index contributed by atoms with van der Waals surface area (Å²) in [6, 6.07) is 3.90. The predicted molar refractivity (Wildman–Crippen MR) is 84.5 cm³/mol. The molecule has 122 valence electrons. The summed E-state index contributed by atoms with van der Waals surface area (Å²) in [5, 5.41) is 0.155. The van der Waals surface area contributed by atoms with Crippen molar-refractivity contribution in [3.63, 3.8) is 0 Å². The van der Waals surface area contributed by atoms with Crippen LogP contribution in [0.2, 0.25) is 5.02 Å². The van der Waals surface area contributed by atoms with Crippen LogP contribution < -0.4 is 10.5 Å². The highest BCUT2D eigenvalue weighted by atomic mass is 35.5. The minimum absolute atomic E-state index is 0.0472. The average molecular weight is 329 g/mol. The number of hydrogen-bond donors (Lipinski definition) is 1. The summed E-state index contributed by atoms with van der Waals surface area (Å²) in [6.45, 7) is 4.98. The molecule has 1 fully saturated rings. The molecule has 22 heavy (non-hydrogen) atoms. The Kier molecular flexibility index (Phi) is 5.64. The Bertz CT molecular complexity index is 541. The second-order valence-corrected chi connectivity index (χ2v) is 6.29. The van der Waals surface area contributed by atoms with E-state index in [4.69, 9.17) is 22.1 Å². The zero-order valence-electron chi connectivity index (χ0n) is 12.9. The number of nitrogens with zero attached hydrogens (tertiary/aromatic N) is 1. The van der Waals surface area contributed by atoms with Gasteiger partial charge in [0.2, 0.25) is 0 Å². The van der Waals surface area contributed by atoms with E-state index in [2.05, 4.69) is 6.92 Å². The Balaban J connectivity index is 2.05. The van der Waals surface area contributed by atoms with Gasteiger partial charge in [0.05, 0.1) is 5.02 Å². The van der Waals surface area contributed by atoms with E-state index >= 15 is 0 Å². The molecule has 3 unspecified atom stereocenters. The van der Waals surface area contributed by atoms with Crippen molar-refractivity contribution in [2.75, 3.05) is 13.1 Å². The van der Waals surface area contributed by atoms with Gasteiger partial charge < -0.3 is 15.4 Å². The van der Waals surface area contributed by atoms with Gasteiger partial charge in [-0.1, -0.05) is 18.5 Å². The maximum absolute atomic E-state index is 13.0. The third kappa shape index (κ3) is 3.90. The summed E-state index contributed by atoms with van der Waals surface area (Å²) in [5.41, 5.74) is 5.79. The SMILES string of the molecule is CC1CCN(C(=O)C(C)Oc2ccc(F)cc2Cl)C(CN)C1. The van der Waals surface area contributed by atoms with Gasteiger partial charge >= 0.3 is 0 Å². The Morgan fingerprint density at radius 2 is 2.32 bits per heavy atom.